The van der Waals surface area contributed by atoms with E-state index in [4.69, 9.17) is 4.74 Å². The number of hydrogen-bond donors (Lipinski definition) is 1. The Balaban J connectivity index is 1.52. The Kier molecular flexibility index (Phi) is 6.68. The van der Waals surface area contributed by atoms with Gasteiger partial charge in [-0.2, -0.15) is 0 Å². The molecule has 4 aromatic rings. The number of carbonyl (C=O) groups is 1. The van der Waals surface area contributed by atoms with Gasteiger partial charge in [-0.25, -0.2) is 13.2 Å². The van der Waals surface area contributed by atoms with Gasteiger partial charge < -0.3 is 14.0 Å². The van der Waals surface area contributed by atoms with Crippen molar-refractivity contribution in [2.75, 3.05) is 11.0 Å². The summed E-state index contributed by atoms with van der Waals surface area (Å²) >= 11 is 0. The average molecular weight is 519 g/mol. The molecular formula is C25H21F3N2O5S. The van der Waals surface area contributed by atoms with Gasteiger partial charge in [0.2, 0.25) is 10.0 Å². The fourth-order valence-corrected chi connectivity index (χ4v) is 4.30. The van der Waals surface area contributed by atoms with Crippen molar-refractivity contribution in [1.82, 2.24) is 4.57 Å². The van der Waals surface area contributed by atoms with Crippen LogP contribution in [0.1, 0.15) is 13.0 Å². The number of hydrogen-bond acceptors (Lipinski definition) is 5. The first-order valence-electron chi connectivity index (χ1n) is 10.6. The highest BCUT2D eigenvalue weighted by Gasteiger charge is 2.31. The summed E-state index contributed by atoms with van der Waals surface area (Å²) in [5, 5.41) is 0.627. The summed E-state index contributed by atoms with van der Waals surface area (Å²) in [6.45, 7) is 1.65. The molecule has 1 aromatic heterocycles. The lowest BCUT2D eigenvalue weighted by Gasteiger charge is -2.15. The number of sulfonamides is 1. The summed E-state index contributed by atoms with van der Waals surface area (Å²) in [6, 6.07) is 18.0. The van der Waals surface area contributed by atoms with Gasteiger partial charge in [0.1, 0.15) is 17.5 Å². The van der Waals surface area contributed by atoms with Gasteiger partial charge in [-0.05, 0) is 60.5 Å². The van der Waals surface area contributed by atoms with Crippen LogP contribution in [-0.2, 0) is 14.8 Å². The van der Waals surface area contributed by atoms with Gasteiger partial charge in [0.15, 0.2) is 0 Å². The normalized spacial score (nSPS) is 12.8. The van der Waals surface area contributed by atoms with Crippen molar-refractivity contribution in [3.63, 3.8) is 0 Å². The predicted octanol–water partition coefficient (Wildman–Crippen LogP) is 5.75. The lowest BCUT2D eigenvalue weighted by atomic mass is 10.1. The van der Waals surface area contributed by atoms with E-state index in [1.165, 1.54) is 24.3 Å². The molecule has 0 aliphatic heterocycles. The first-order valence-corrected chi connectivity index (χ1v) is 12.5. The second-order valence-electron chi connectivity index (χ2n) is 8.03. The molecule has 0 saturated carbocycles. The van der Waals surface area contributed by atoms with Crippen molar-refractivity contribution >= 4 is 32.6 Å². The van der Waals surface area contributed by atoms with E-state index in [0.29, 0.717) is 27.7 Å². The van der Waals surface area contributed by atoms with E-state index in [2.05, 4.69) is 9.46 Å². The molecule has 3 aromatic carbocycles. The Morgan fingerprint density at radius 2 is 1.64 bits per heavy atom. The van der Waals surface area contributed by atoms with E-state index >= 15 is 0 Å². The summed E-state index contributed by atoms with van der Waals surface area (Å²) in [4.78, 5) is 12.9. The minimum absolute atomic E-state index is 0.260. The third kappa shape index (κ3) is 5.98. The van der Waals surface area contributed by atoms with Crippen molar-refractivity contribution in [3.05, 3.63) is 79.0 Å². The second kappa shape index (κ2) is 9.57. The van der Waals surface area contributed by atoms with Gasteiger partial charge in [-0.1, -0.05) is 30.3 Å². The molecule has 4 rings (SSSR count). The molecular weight excluding hydrogens is 497 g/mol. The van der Waals surface area contributed by atoms with Gasteiger partial charge in [-0.15, -0.1) is 13.2 Å². The Bertz CT molecular complexity index is 1510. The first kappa shape index (κ1) is 25.1. The van der Waals surface area contributed by atoms with Gasteiger partial charge >= 0.3 is 12.3 Å². The quantitative estimate of drug-likeness (QED) is 0.249. The molecule has 1 atom stereocenters. The number of aromatic nitrogens is 1. The molecule has 0 bridgehead atoms. The molecule has 0 aliphatic carbocycles. The van der Waals surface area contributed by atoms with Gasteiger partial charge in [0.05, 0.1) is 17.5 Å². The van der Waals surface area contributed by atoms with Crippen LogP contribution < -0.4 is 14.2 Å². The highest BCUT2D eigenvalue weighted by atomic mass is 32.2. The molecule has 0 amide bonds. The van der Waals surface area contributed by atoms with Crippen LogP contribution >= 0.6 is 0 Å². The fraction of sp³-hybridized carbons (Fsp3) is 0.160. The Hall–Kier alpha value is -3.99. The molecule has 7 nitrogen and oxygen atoms in total. The highest BCUT2D eigenvalue weighted by Crippen LogP contribution is 2.30. The maximum absolute atomic E-state index is 12.9. The topological polar surface area (TPSA) is 86.6 Å². The number of nitrogens with zero attached hydrogens (tertiary/aromatic N) is 1. The van der Waals surface area contributed by atoms with Crippen LogP contribution in [0.2, 0.25) is 0 Å². The molecule has 0 radical (unpaired) electrons. The lowest BCUT2D eigenvalue weighted by molar-refractivity contribution is -0.274. The second-order valence-corrected chi connectivity index (χ2v) is 9.78. The number of anilines is 1. The van der Waals surface area contributed by atoms with Crippen molar-refractivity contribution in [3.8, 4) is 22.6 Å². The van der Waals surface area contributed by atoms with Crippen molar-refractivity contribution in [2.45, 2.75) is 19.3 Å². The molecule has 188 valence electrons. The molecule has 1 heterocycles. The van der Waals surface area contributed by atoms with Crippen molar-refractivity contribution in [2.24, 2.45) is 0 Å². The van der Waals surface area contributed by atoms with E-state index in [9.17, 15) is 26.4 Å². The van der Waals surface area contributed by atoms with Crippen LogP contribution in [0.25, 0.3) is 22.0 Å². The first-order chi connectivity index (χ1) is 16.9. The number of ether oxygens (including phenoxy) is 2. The molecule has 36 heavy (non-hydrogen) atoms. The smallest absolute Gasteiger partial charge is 0.425 e. The molecule has 0 saturated heterocycles. The lowest BCUT2D eigenvalue weighted by Crippen LogP contribution is -2.21. The highest BCUT2D eigenvalue weighted by molar-refractivity contribution is 7.92. The zero-order valence-corrected chi connectivity index (χ0v) is 19.9. The van der Waals surface area contributed by atoms with E-state index in [1.54, 1.807) is 66.2 Å². The number of alkyl halides is 3. The molecule has 11 heteroatoms. The number of carbonyl (C=O) groups excluding carboxylic acids is 1. The van der Waals surface area contributed by atoms with E-state index in [1.807, 2.05) is 0 Å². The van der Waals surface area contributed by atoms with Crippen LogP contribution in [0, 0.1) is 0 Å². The standard InChI is InChI=1S/C25H21F3N2O5S/c1-16(30-14-13-21-22(29-36(2,32)33)7-4-8-23(21)30)24(31)34-20-6-3-5-18(15-20)17-9-11-19(12-10-17)35-25(26,27)28/h3-16,29H,1-2H3. The molecule has 0 spiro atoms. The third-order valence-corrected chi connectivity index (χ3v) is 5.88. The van der Waals surface area contributed by atoms with Gasteiger partial charge in [0, 0.05) is 11.6 Å². The van der Waals surface area contributed by atoms with Crippen LogP contribution in [0.3, 0.4) is 0 Å². The maximum Gasteiger partial charge on any atom is 0.573 e. The summed E-state index contributed by atoms with van der Waals surface area (Å²) in [5.41, 5.74) is 2.28. The number of nitrogens with one attached hydrogen (secondary N) is 1. The SMILES string of the molecule is CC(C(=O)Oc1cccc(-c2ccc(OC(F)(F)F)cc2)c1)n1ccc2c(NS(C)(=O)=O)cccc21. The minimum Gasteiger partial charge on any atom is -0.425 e. The zero-order chi connectivity index (χ0) is 26.1. The number of esters is 1. The Labute approximate surface area is 205 Å². The van der Waals surface area contributed by atoms with E-state index in [-0.39, 0.29) is 11.5 Å². The Morgan fingerprint density at radius 1 is 0.944 bits per heavy atom. The largest absolute Gasteiger partial charge is 0.573 e. The predicted molar refractivity (Wildman–Crippen MR) is 129 cm³/mol. The van der Waals surface area contributed by atoms with E-state index < -0.39 is 28.4 Å². The number of rotatable bonds is 7. The monoisotopic (exact) mass is 518 g/mol. The van der Waals surface area contributed by atoms with Crippen LogP contribution in [-0.4, -0.2) is 31.6 Å². The molecule has 1 unspecified atom stereocenters. The molecule has 0 fully saturated rings. The average Bonchev–Trinajstić information content (AvgIpc) is 3.22. The number of benzene rings is 3. The van der Waals surface area contributed by atoms with Gasteiger partial charge in [-0.3, -0.25) is 4.72 Å². The van der Waals surface area contributed by atoms with Gasteiger partial charge in [0.25, 0.3) is 0 Å². The summed E-state index contributed by atoms with van der Waals surface area (Å²) in [7, 11) is -3.48. The molecule has 0 aliphatic rings. The van der Waals surface area contributed by atoms with Crippen LogP contribution in [0.15, 0.2) is 79.0 Å². The summed E-state index contributed by atoms with van der Waals surface area (Å²) in [6.07, 6.45) is -2.05. The number of fused-ring (bicyclic) bond motifs is 1. The van der Waals surface area contributed by atoms with Crippen molar-refractivity contribution in [1.29, 1.82) is 0 Å². The zero-order valence-electron chi connectivity index (χ0n) is 19.1. The number of halogens is 3. The van der Waals surface area contributed by atoms with Crippen LogP contribution in [0.4, 0.5) is 18.9 Å². The molecule has 1 N–H and O–H groups in total. The Morgan fingerprint density at radius 3 is 2.31 bits per heavy atom. The van der Waals surface area contributed by atoms with E-state index in [0.717, 1.165) is 6.26 Å². The maximum atomic E-state index is 12.9. The fourth-order valence-electron chi connectivity index (χ4n) is 3.72. The summed E-state index contributed by atoms with van der Waals surface area (Å²) in [5.74, 6) is -0.632. The third-order valence-electron chi connectivity index (χ3n) is 5.29. The van der Waals surface area contributed by atoms with Crippen LogP contribution in [0.5, 0.6) is 11.5 Å². The van der Waals surface area contributed by atoms with Crippen molar-refractivity contribution < 1.29 is 35.9 Å². The minimum atomic E-state index is -4.77. The summed E-state index contributed by atoms with van der Waals surface area (Å²) < 4.78 is 74.0.